The van der Waals surface area contributed by atoms with Crippen molar-refractivity contribution in [3.05, 3.63) is 24.3 Å². The minimum Gasteiger partial charge on any atom is -0.497 e. The van der Waals surface area contributed by atoms with Crippen LogP contribution in [-0.2, 0) is 0 Å². The molecule has 1 aromatic rings. The number of benzene rings is 1. The minimum absolute atomic E-state index is 0.0924. The van der Waals surface area contributed by atoms with E-state index in [0.29, 0.717) is 5.92 Å². The zero-order valence-electron chi connectivity index (χ0n) is 11.5. The van der Waals surface area contributed by atoms with Crippen LogP contribution in [-0.4, -0.2) is 30.9 Å². The van der Waals surface area contributed by atoms with Crippen LogP contribution in [0.1, 0.15) is 26.7 Å². The lowest BCUT2D eigenvalue weighted by Gasteiger charge is -2.37. The Morgan fingerprint density at radius 1 is 1.44 bits per heavy atom. The first-order valence-corrected chi connectivity index (χ1v) is 6.62. The van der Waals surface area contributed by atoms with Crippen molar-refractivity contribution in [2.24, 2.45) is 5.92 Å². The molecule has 1 N–H and O–H groups in total. The van der Waals surface area contributed by atoms with Crippen LogP contribution in [0.15, 0.2) is 24.3 Å². The Morgan fingerprint density at radius 2 is 2.22 bits per heavy atom. The first-order valence-electron chi connectivity index (χ1n) is 6.62. The molecular formula is C15H23NO2. The van der Waals surface area contributed by atoms with E-state index in [1.165, 1.54) is 5.69 Å². The Kier molecular flexibility index (Phi) is 3.81. The van der Waals surface area contributed by atoms with E-state index < -0.39 is 0 Å². The molecule has 0 aliphatic carbocycles. The van der Waals surface area contributed by atoms with Crippen LogP contribution >= 0.6 is 0 Å². The number of methoxy groups -OCH3 is 1. The van der Waals surface area contributed by atoms with Crippen LogP contribution in [0.3, 0.4) is 0 Å². The molecule has 0 aromatic heterocycles. The van der Waals surface area contributed by atoms with E-state index >= 15 is 0 Å². The second-order valence-electron chi connectivity index (χ2n) is 5.50. The summed E-state index contributed by atoms with van der Waals surface area (Å²) in [7, 11) is 1.70. The molecule has 1 aliphatic heterocycles. The predicted molar refractivity (Wildman–Crippen MR) is 74.2 cm³/mol. The topological polar surface area (TPSA) is 32.7 Å². The van der Waals surface area contributed by atoms with Crippen LogP contribution in [0.2, 0.25) is 0 Å². The zero-order valence-corrected chi connectivity index (χ0v) is 11.5. The number of aliphatic hydroxyl groups excluding tert-OH is 1. The van der Waals surface area contributed by atoms with E-state index in [-0.39, 0.29) is 12.1 Å². The molecule has 1 aliphatic rings. The fraction of sp³-hybridized carbons (Fsp3) is 0.600. The molecule has 1 heterocycles. The van der Waals surface area contributed by atoms with Gasteiger partial charge >= 0.3 is 0 Å². The molecule has 2 rings (SSSR count). The summed E-state index contributed by atoms with van der Waals surface area (Å²) in [5.41, 5.74) is 1.30. The molecule has 100 valence electrons. The van der Waals surface area contributed by atoms with E-state index in [0.717, 1.165) is 25.1 Å². The van der Waals surface area contributed by atoms with Gasteiger partial charge in [-0.2, -0.15) is 0 Å². The van der Waals surface area contributed by atoms with Gasteiger partial charge in [0.15, 0.2) is 0 Å². The highest BCUT2D eigenvalue weighted by atomic mass is 16.5. The van der Waals surface area contributed by atoms with E-state index in [4.69, 9.17) is 9.84 Å². The van der Waals surface area contributed by atoms with Gasteiger partial charge in [0.2, 0.25) is 0 Å². The molecule has 1 saturated heterocycles. The van der Waals surface area contributed by atoms with Crippen molar-refractivity contribution >= 4 is 5.69 Å². The number of anilines is 1. The minimum atomic E-state index is 0.0924. The second kappa shape index (κ2) is 5.19. The molecule has 18 heavy (non-hydrogen) atoms. The van der Waals surface area contributed by atoms with E-state index in [2.05, 4.69) is 30.9 Å². The van der Waals surface area contributed by atoms with Gasteiger partial charge in [0.05, 0.1) is 7.11 Å². The molecular weight excluding hydrogens is 226 g/mol. The van der Waals surface area contributed by atoms with E-state index in [1.807, 2.05) is 12.1 Å². The summed E-state index contributed by atoms with van der Waals surface area (Å²) < 4.78 is 5.29. The van der Waals surface area contributed by atoms with Gasteiger partial charge < -0.3 is 14.7 Å². The molecule has 0 saturated carbocycles. The molecule has 1 aromatic carbocycles. The van der Waals surface area contributed by atoms with Crippen LogP contribution in [0, 0.1) is 5.92 Å². The van der Waals surface area contributed by atoms with Crippen molar-refractivity contribution in [3.8, 4) is 5.75 Å². The van der Waals surface area contributed by atoms with Gasteiger partial charge in [0, 0.05) is 30.4 Å². The fourth-order valence-corrected chi connectivity index (χ4v) is 3.04. The molecule has 0 radical (unpaired) electrons. The second-order valence-corrected chi connectivity index (χ2v) is 5.50. The van der Waals surface area contributed by atoms with Crippen LogP contribution in [0.4, 0.5) is 5.69 Å². The average molecular weight is 249 g/mol. The summed E-state index contributed by atoms with van der Waals surface area (Å²) in [6.45, 7) is 5.85. The monoisotopic (exact) mass is 249 g/mol. The number of aliphatic hydroxyl groups is 1. The summed E-state index contributed by atoms with van der Waals surface area (Å²) >= 11 is 0. The first kappa shape index (κ1) is 13.2. The third-order valence-corrected chi connectivity index (χ3v) is 4.24. The SMILES string of the molecule is COc1cccc(N2CCC(CCO)C2(C)C)c1. The Morgan fingerprint density at radius 3 is 2.89 bits per heavy atom. The van der Waals surface area contributed by atoms with Crippen molar-refractivity contribution < 1.29 is 9.84 Å². The summed E-state index contributed by atoms with van der Waals surface area (Å²) in [4.78, 5) is 2.43. The highest BCUT2D eigenvalue weighted by molar-refractivity contribution is 5.54. The summed E-state index contributed by atoms with van der Waals surface area (Å²) in [6, 6.07) is 8.22. The lowest BCUT2D eigenvalue weighted by atomic mass is 9.86. The Labute approximate surface area is 109 Å². The molecule has 3 nitrogen and oxygen atoms in total. The number of hydrogen-bond acceptors (Lipinski definition) is 3. The van der Waals surface area contributed by atoms with Crippen LogP contribution < -0.4 is 9.64 Å². The predicted octanol–water partition coefficient (Wildman–Crippen LogP) is 2.68. The van der Waals surface area contributed by atoms with Gasteiger partial charge in [0.25, 0.3) is 0 Å². The van der Waals surface area contributed by atoms with E-state index in [1.54, 1.807) is 7.11 Å². The number of ether oxygens (including phenoxy) is 1. The maximum Gasteiger partial charge on any atom is 0.120 e. The Hall–Kier alpha value is -1.22. The third kappa shape index (κ3) is 2.32. The van der Waals surface area contributed by atoms with Gasteiger partial charge in [-0.3, -0.25) is 0 Å². The van der Waals surface area contributed by atoms with Crippen molar-refractivity contribution in [2.45, 2.75) is 32.2 Å². The Bertz CT molecular complexity index is 403. The normalized spacial score (nSPS) is 22.2. The molecule has 0 amide bonds. The third-order valence-electron chi connectivity index (χ3n) is 4.24. The largest absolute Gasteiger partial charge is 0.497 e. The molecule has 0 spiro atoms. The van der Waals surface area contributed by atoms with E-state index in [9.17, 15) is 0 Å². The summed E-state index contributed by atoms with van der Waals surface area (Å²) in [5.74, 6) is 1.45. The molecule has 1 atom stereocenters. The summed E-state index contributed by atoms with van der Waals surface area (Å²) in [5, 5.41) is 9.16. The average Bonchev–Trinajstić information content (AvgIpc) is 2.66. The first-order chi connectivity index (χ1) is 8.59. The maximum atomic E-state index is 9.16. The summed E-state index contributed by atoms with van der Waals surface area (Å²) in [6.07, 6.45) is 2.03. The standard InChI is InChI=1S/C15H23NO2/c1-15(2)12(8-10-17)7-9-16(15)13-5-4-6-14(11-13)18-3/h4-6,11-12,17H,7-10H2,1-3H3. The maximum absolute atomic E-state index is 9.16. The number of nitrogens with zero attached hydrogens (tertiary/aromatic N) is 1. The molecule has 3 heteroatoms. The highest BCUT2D eigenvalue weighted by Gasteiger charge is 2.40. The lowest BCUT2D eigenvalue weighted by Crippen LogP contribution is -2.42. The van der Waals surface area contributed by atoms with Crippen LogP contribution in [0.5, 0.6) is 5.75 Å². The fourth-order valence-electron chi connectivity index (χ4n) is 3.04. The van der Waals surface area contributed by atoms with Crippen molar-refractivity contribution in [3.63, 3.8) is 0 Å². The van der Waals surface area contributed by atoms with Gasteiger partial charge in [-0.25, -0.2) is 0 Å². The van der Waals surface area contributed by atoms with Gasteiger partial charge in [0.1, 0.15) is 5.75 Å². The van der Waals surface area contributed by atoms with Gasteiger partial charge in [-0.1, -0.05) is 6.07 Å². The molecule has 0 bridgehead atoms. The van der Waals surface area contributed by atoms with Crippen molar-refractivity contribution in [1.82, 2.24) is 0 Å². The highest BCUT2D eigenvalue weighted by Crippen LogP contribution is 2.40. The van der Waals surface area contributed by atoms with Crippen molar-refractivity contribution in [1.29, 1.82) is 0 Å². The zero-order chi connectivity index (χ0) is 13.2. The number of hydrogen-bond donors (Lipinski definition) is 1. The molecule has 1 fully saturated rings. The lowest BCUT2D eigenvalue weighted by molar-refractivity contribution is 0.229. The van der Waals surface area contributed by atoms with Crippen molar-refractivity contribution in [2.75, 3.05) is 25.2 Å². The number of rotatable bonds is 4. The van der Waals surface area contributed by atoms with Gasteiger partial charge in [-0.05, 0) is 44.7 Å². The smallest absolute Gasteiger partial charge is 0.120 e. The van der Waals surface area contributed by atoms with Crippen LogP contribution in [0.25, 0.3) is 0 Å². The quantitative estimate of drug-likeness (QED) is 0.890. The molecule has 1 unspecified atom stereocenters. The van der Waals surface area contributed by atoms with Gasteiger partial charge in [-0.15, -0.1) is 0 Å². The Balaban J connectivity index is 2.23.